The van der Waals surface area contributed by atoms with Gasteiger partial charge >= 0.3 is 53.7 Å². The number of ether oxygens (including phenoxy) is 9. The van der Waals surface area contributed by atoms with Crippen LogP contribution in [0.3, 0.4) is 0 Å². The van der Waals surface area contributed by atoms with Crippen molar-refractivity contribution in [1.29, 1.82) is 0 Å². The molecule has 0 aliphatic heterocycles. The van der Waals surface area contributed by atoms with E-state index in [1.54, 1.807) is 34.6 Å². The normalized spacial score (nSPS) is 11.6. The Kier molecular flexibility index (Phi) is 98.5. The van der Waals surface area contributed by atoms with E-state index < -0.39 is 5.97 Å². The summed E-state index contributed by atoms with van der Waals surface area (Å²) in [6.07, 6.45) is 35.7. The first-order valence-electron chi connectivity index (χ1n) is 42.6. The number of unbranched alkanes of at least 4 members (excludes halogenated alkanes) is 10. The highest BCUT2D eigenvalue weighted by atomic mass is 16.6. The van der Waals surface area contributed by atoms with Gasteiger partial charge in [-0.1, -0.05) is 306 Å². The first-order chi connectivity index (χ1) is 53.5. The van der Waals surface area contributed by atoms with Gasteiger partial charge in [-0.05, 0) is 145 Å². The minimum absolute atomic E-state index is 0.264. The monoisotopic (exact) mass is 1620 g/mol. The van der Waals surface area contributed by atoms with Crippen molar-refractivity contribution >= 4 is 53.7 Å². The van der Waals surface area contributed by atoms with E-state index in [0.717, 1.165) is 76.2 Å². The molecule has 0 aliphatic rings. The van der Waals surface area contributed by atoms with E-state index in [9.17, 15) is 43.2 Å². The van der Waals surface area contributed by atoms with Gasteiger partial charge in [0.15, 0.2) is 0 Å². The van der Waals surface area contributed by atoms with Crippen molar-refractivity contribution in [2.24, 2.45) is 65.1 Å². The van der Waals surface area contributed by atoms with E-state index in [1.807, 2.05) is 0 Å². The number of rotatable bonds is 53. The van der Waals surface area contributed by atoms with Crippen molar-refractivity contribution in [2.75, 3.05) is 60.5 Å². The smallest absolute Gasteiger partial charge is 0.333 e. The van der Waals surface area contributed by atoms with Gasteiger partial charge in [0.2, 0.25) is 0 Å². The summed E-state index contributed by atoms with van der Waals surface area (Å²) in [5.41, 5.74) is 2.35. The molecule has 0 heterocycles. The molecule has 0 aliphatic carbocycles. The summed E-state index contributed by atoms with van der Waals surface area (Å²) in [5.74, 6) is 3.48. The van der Waals surface area contributed by atoms with Crippen LogP contribution in [0.1, 0.15) is 326 Å². The van der Waals surface area contributed by atoms with Gasteiger partial charge in [0.25, 0.3) is 0 Å². The second-order valence-corrected chi connectivity index (χ2v) is 31.5. The fraction of sp³-hybridized carbons (Fsp3) is 0.719. The van der Waals surface area contributed by atoms with Crippen molar-refractivity contribution in [3.63, 3.8) is 0 Å². The summed E-state index contributed by atoms with van der Waals surface area (Å²) in [7, 11) is 2.64. The molecule has 114 heavy (non-hydrogen) atoms. The van der Waals surface area contributed by atoms with E-state index in [1.165, 1.54) is 135 Å². The Balaban J connectivity index is -0.000000157. The van der Waals surface area contributed by atoms with Gasteiger partial charge < -0.3 is 42.6 Å². The predicted molar refractivity (Wildman–Crippen MR) is 476 cm³/mol. The topological polar surface area (TPSA) is 237 Å². The molecule has 0 fully saturated rings. The van der Waals surface area contributed by atoms with Crippen LogP contribution >= 0.6 is 0 Å². The summed E-state index contributed by atoms with van der Waals surface area (Å²) in [4.78, 5) is 96.9. The maximum absolute atomic E-state index is 11.3. The lowest BCUT2D eigenvalue weighted by Crippen LogP contribution is -2.19. The highest BCUT2D eigenvalue weighted by Crippen LogP contribution is 2.23. The Labute approximate surface area is 699 Å². The Morgan fingerprint density at radius 1 is 0.281 bits per heavy atom. The first-order valence-corrected chi connectivity index (χ1v) is 42.6. The summed E-state index contributed by atoms with van der Waals surface area (Å²) in [6.45, 7) is 82.1. The Hall–Kier alpha value is -7.11. The van der Waals surface area contributed by atoms with Crippen molar-refractivity contribution in [3.8, 4) is 0 Å². The molecular formula is C96H174O18. The number of esters is 9. The largest absolute Gasteiger partial charge is 0.466 e. The van der Waals surface area contributed by atoms with Gasteiger partial charge in [0.05, 0.1) is 60.5 Å². The molecule has 0 aromatic heterocycles. The maximum Gasteiger partial charge on any atom is 0.333 e. The number of carbonyl (C=O) groups excluding carboxylic acids is 9. The van der Waals surface area contributed by atoms with Crippen LogP contribution in [0.25, 0.3) is 0 Å². The van der Waals surface area contributed by atoms with Crippen LogP contribution in [0.15, 0.2) is 111 Å². The van der Waals surface area contributed by atoms with Gasteiger partial charge in [0.1, 0.15) is 0 Å². The molecule has 0 bridgehead atoms. The van der Waals surface area contributed by atoms with E-state index in [-0.39, 0.29) is 47.8 Å². The molecule has 18 heteroatoms. The summed E-state index contributed by atoms with van der Waals surface area (Å²) in [5, 5.41) is 0. The number of hydrogen-bond donors (Lipinski definition) is 0. The molecule has 0 radical (unpaired) electrons. The molecule has 18 nitrogen and oxygen atoms in total. The second-order valence-electron chi connectivity index (χ2n) is 31.5. The lowest BCUT2D eigenvalue weighted by Gasteiger charge is -2.21. The van der Waals surface area contributed by atoms with Gasteiger partial charge in [0, 0.05) is 52.2 Å². The second kappa shape index (κ2) is 89.8. The molecule has 0 amide bonds. The average Bonchev–Trinajstić information content (AvgIpc) is 0.939. The van der Waals surface area contributed by atoms with Crippen LogP contribution in [0.4, 0.5) is 0 Å². The minimum atomic E-state index is -0.394. The Bertz CT molecular complexity index is 2530. The molecule has 0 N–H and O–H groups in total. The Morgan fingerprint density at radius 2 is 0.561 bits per heavy atom. The highest BCUT2D eigenvalue weighted by Gasteiger charge is 2.19. The molecule has 666 valence electrons. The summed E-state index contributed by atoms with van der Waals surface area (Å²) in [6, 6.07) is 0. The third kappa shape index (κ3) is 101. The fourth-order valence-corrected chi connectivity index (χ4v) is 9.25. The first kappa shape index (κ1) is 125. The molecular weight excluding hydrogens is 1440 g/mol. The third-order valence-corrected chi connectivity index (χ3v) is 17.5. The minimum Gasteiger partial charge on any atom is -0.466 e. The molecule has 0 saturated carbocycles. The van der Waals surface area contributed by atoms with Crippen LogP contribution < -0.4 is 0 Å². The number of hydrogen-bond acceptors (Lipinski definition) is 18. The summed E-state index contributed by atoms with van der Waals surface area (Å²) >= 11 is 0. The van der Waals surface area contributed by atoms with Crippen molar-refractivity contribution in [2.45, 2.75) is 326 Å². The zero-order valence-corrected chi connectivity index (χ0v) is 77.7. The quantitative estimate of drug-likeness (QED) is 0.0238. The summed E-state index contributed by atoms with van der Waals surface area (Å²) < 4.78 is 43.8. The van der Waals surface area contributed by atoms with Crippen molar-refractivity contribution in [3.05, 3.63) is 111 Å². The van der Waals surface area contributed by atoms with Crippen molar-refractivity contribution in [1.82, 2.24) is 0 Å². The number of carbonyl (C=O) groups is 9. The van der Waals surface area contributed by atoms with E-state index >= 15 is 0 Å². The molecule has 0 aromatic rings. The van der Waals surface area contributed by atoms with Crippen molar-refractivity contribution < 1.29 is 85.8 Å². The maximum atomic E-state index is 11.3. The third-order valence-electron chi connectivity index (χ3n) is 17.5. The van der Waals surface area contributed by atoms with Gasteiger partial charge in [-0.25, -0.2) is 43.2 Å². The zero-order chi connectivity index (χ0) is 90.0. The van der Waals surface area contributed by atoms with Gasteiger partial charge in [-0.2, -0.15) is 0 Å². The molecule has 0 saturated heterocycles. The predicted octanol–water partition coefficient (Wildman–Crippen LogP) is 24.9. The number of methoxy groups -OCH3 is 2. The van der Waals surface area contributed by atoms with E-state index in [0.29, 0.717) is 133 Å². The fourth-order valence-electron chi connectivity index (χ4n) is 9.25. The van der Waals surface area contributed by atoms with Crippen LogP contribution in [0.5, 0.6) is 0 Å². The van der Waals surface area contributed by atoms with Crippen LogP contribution in [0.2, 0.25) is 0 Å². The SMILES string of the molecule is C=C(C)C(=O)OC.C=C(C)C(=O)OCC(C)CCCCC.C=C(C)C(=O)OCC(CC)CCCC.C=C(C)C(=O)OCC(CCC(C)C)C(C)C.C=C(C)C(=O)OCCCCCCCC(C)C.C=CC(=O)OC.C=CC(=O)OCC(C)CCCCC.C=CC(=O)OCC(CC)CCCC.C=CC(=O)OCC(CCC(C)C)C(C)C. The van der Waals surface area contributed by atoms with E-state index in [4.69, 9.17) is 33.2 Å². The standard InChI is InChI=1S/2C14H26O2.C13H24O2.2C12H22O2.2C11H20O2.C5H8O2.C4H6O2/c1-10(2)7-8-13(11(3)4)9-16-14(15)12(5)6;1-12(2)10-8-6-5-7-9-11-16-14(15)13(3)4;1-6-13(14)15-9-12(11(4)5)8-7-10(2)3;1-5-6-7-8-11(4)9-14-12(13)10(2)3;1-5-7-8-11(6-2)9-14-12(13)10(3)4;1-4-6-7-8-10(3)9-13-11(12)5-2;1-4-7-8-10(5-2)9-13-11(12)6-3;1-4(2)5(6)7-3;1-3-4(5)6-2/h10-11,13H,5,7-9H2,1-4,6H3;12H,3,5-11H2,1-2,4H3;6,10-12H,1,7-9H2,2-5H3;11H,2,5-9H2,1,3-4H3;11H,3,5-9H2,1-2,4H3;5,10H,2,4,6-9H2,1,3H3;6,10H,3-5,7-9H2,1-2H3;1H2,2-3H3;3H,1H2,2H3. The molecule has 6 unspecified atom stereocenters. The highest BCUT2D eigenvalue weighted by molar-refractivity contribution is 5.88. The molecule has 0 aromatic carbocycles. The molecule has 0 rings (SSSR count). The van der Waals surface area contributed by atoms with Crippen LogP contribution in [0, 0.1) is 65.1 Å². The zero-order valence-electron chi connectivity index (χ0n) is 77.7. The Morgan fingerprint density at radius 3 is 0.851 bits per heavy atom. The lowest BCUT2D eigenvalue weighted by molar-refractivity contribution is -0.141. The van der Waals surface area contributed by atoms with Crippen LogP contribution in [-0.4, -0.2) is 114 Å². The lowest BCUT2D eigenvalue weighted by atomic mass is 9.89. The van der Waals surface area contributed by atoms with Gasteiger partial charge in [-0.15, -0.1) is 0 Å². The molecule has 6 atom stereocenters. The molecule has 0 spiro atoms. The van der Waals surface area contributed by atoms with Crippen LogP contribution in [-0.2, 0) is 85.8 Å². The average molecular weight is 1620 g/mol. The van der Waals surface area contributed by atoms with Gasteiger partial charge in [-0.3, -0.25) is 0 Å². The van der Waals surface area contributed by atoms with E-state index in [2.05, 4.69) is 193 Å².